The third-order valence-electron chi connectivity index (χ3n) is 2.83. The molecule has 0 radical (unpaired) electrons. The van der Waals surface area contributed by atoms with Gasteiger partial charge in [0.15, 0.2) is 6.73 Å². The summed E-state index contributed by atoms with van der Waals surface area (Å²) in [5.41, 5.74) is 1.54. The molecule has 0 unspecified atom stereocenters. The SMILES string of the molecule is Cc1ccc(OCNC(=O)Nc2ccc([N+](=O)[O-])cc2)cc1. The number of amides is 2. The van der Waals surface area contributed by atoms with Crippen molar-refractivity contribution in [3.05, 3.63) is 64.2 Å². The highest BCUT2D eigenvalue weighted by atomic mass is 16.6. The molecule has 0 aliphatic heterocycles. The van der Waals surface area contributed by atoms with Crippen LogP contribution in [0.15, 0.2) is 48.5 Å². The van der Waals surface area contributed by atoms with E-state index in [0.717, 1.165) is 5.56 Å². The van der Waals surface area contributed by atoms with Crippen LogP contribution < -0.4 is 15.4 Å². The zero-order valence-electron chi connectivity index (χ0n) is 11.9. The third kappa shape index (κ3) is 4.48. The molecule has 7 heteroatoms. The van der Waals surface area contributed by atoms with Gasteiger partial charge in [0.05, 0.1) is 4.92 Å². The Bertz CT molecular complexity index is 653. The predicted molar refractivity (Wildman–Crippen MR) is 81.9 cm³/mol. The number of nitro groups is 1. The second-order valence-electron chi connectivity index (χ2n) is 4.54. The molecule has 0 aliphatic carbocycles. The summed E-state index contributed by atoms with van der Waals surface area (Å²) in [6, 6.07) is 12.5. The molecule has 0 bridgehead atoms. The average molecular weight is 301 g/mol. The summed E-state index contributed by atoms with van der Waals surface area (Å²) >= 11 is 0. The molecular formula is C15H15N3O4. The number of hydrogen-bond donors (Lipinski definition) is 2. The van der Waals surface area contributed by atoms with Gasteiger partial charge in [-0.15, -0.1) is 0 Å². The molecule has 0 saturated heterocycles. The number of aryl methyl sites for hydroxylation is 1. The van der Waals surface area contributed by atoms with Crippen molar-refractivity contribution in [1.82, 2.24) is 5.32 Å². The maximum absolute atomic E-state index is 11.6. The van der Waals surface area contributed by atoms with Gasteiger partial charge < -0.3 is 15.4 Å². The fourth-order valence-corrected chi connectivity index (χ4v) is 1.66. The van der Waals surface area contributed by atoms with Gasteiger partial charge in [-0.1, -0.05) is 17.7 Å². The molecule has 0 saturated carbocycles. The zero-order chi connectivity index (χ0) is 15.9. The number of rotatable bonds is 5. The van der Waals surface area contributed by atoms with Gasteiger partial charge in [0.25, 0.3) is 5.69 Å². The lowest BCUT2D eigenvalue weighted by atomic mass is 10.2. The van der Waals surface area contributed by atoms with Crippen molar-refractivity contribution < 1.29 is 14.5 Å². The van der Waals surface area contributed by atoms with Crippen molar-refractivity contribution >= 4 is 17.4 Å². The molecule has 7 nitrogen and oxygen atoms in total. The van der Waals surface area contributed by atoms with Crippen LogP contribution in [0.25, 0.3) is 0 Å². The van der Waals surface area contributed by atoms with E-state index < -0.39 is 11.0 Å². The quantitative estimate of drug-likeness (QED) is 0.504. The number of carbonyl (C=O) groups excluding carboxylic acids is 1. The van der Waals surface area contributed by atoms with E-state index in [2.05, 4.69) is 10.6 Å². The molecule has 0 heterocycles. The Morgan fingerprint density at radius 2 is 1.77 bits per heavy atom. The van der Waals surface area contributed by atoms with Gasteiger partial charge in [0, 0.05) is 17.8 Å². The highest BCUT2D eigenvalue weighted by molar-refractivity contribution is 5.89. The predicted octanol–water partition coefficient (Wildman–Crippen LogP) is 3.06. The van der Waals surface area contributed by atoms with E-state index >= 15 is 0 Å². The minimum atomic E-state index is -0.501. The highest BCUT2D eigenvalue weighted by Crippen LogP contribution is 2.15. The third-order valence-corrected chi connectivity index (χ3v) is 2.83. The summed E-state index contributed by atoms with van der Waals surface area (Å²) in [5, 5.41) is 15.6. The number of hydrogen-bond acceptors (Lipinski definition) is 4. The van der Waals surface area contributed by atoms with E-state index in [0.29, 0.717) is 11.4 Å². The molecule has 22 heavy (non-hydrogen) atoms. The fourth-order valence-electron chi connectivity index (χ4n) is 1.66. The van der Waals surface area contributed by atoms with Crippen molar-refractivity contribution in [2.75, 3.05) is 12.0 Å². The van der Waals surface area contributed by atoms with Crippen LogP contribution in [-0.2, 0) is 0 Å². The van der Waals surface area contributed by atoms with Gasteiger partial charge in [0.2, 0.25) is 0 Å². The standard InChI is InChI=1S/C15H15N3O4/c1-11-2-8-14(9-3-11)22-10-16-15(19)17-12-4-6-13(7-5-12)18(20)21/h2-9H,10H2,1H3,(H2,16,17,19). The Morgan fingerprint density at radius 3 is 2.36 bits per heavy atom. The molecule has 0 aromatic heterocycles. The number of nitrogens with one attached hydrogen (secondary N) is 2. The molecular weight excluding hydrogens is 286 g/mol. The number of nitro benzene ring substituents is 1. The van der Waals surface area contributed by atoms with E-state index in [9.17, 15) is 14.9 Å². The normalized spacial score (nSPS) is 9.86. The first-order valence-corrected chi connectivity index (χ1v) is 6.53. The largest absolute Gasteiger partial charge is 0.473 e. The number of urea groups is 1. The van der Waals surface area contributed by atoms with Crippen molar-refractivity contribution in [1.29, 1.82) is 0 Å². The van der Waals surface area contributed by atoms with Crippen LogP contribution in [0.3, 0.4) is 0 Å². The molecule has 2 rings (SSSR count). The van der Waals surface area contributed by atoms with E-state index in [1.807, 2.05) is 31.2 Å². The van der Waals surface area contributed by atoms with Crippen LogP contribution in [0.4, 0.5) is 16.2 Å². The first kappa shape index (κ1) is 15.3. The molecule has 0 fully saturated rings. The fraction of sp³-hybridized carbons (Fsp3) is 0.133. The van der Waals surface area contributed by atoms with E-state index in [-0.39, 0.29) is 12.4 Å². The van der Waals surface area contributed by atoms with Crippen molar-refractivity contribution in [2.45, 2.75) is 6.92 Å². The molecule has 0 spiro atoms. The van der Waals surface area contributed by atoms with Gasteiger partial charge in [-0.25, -0.2) is 4.79 Å². The van der Waals surface area contributed by atoms with Crippen LogP contribution in [0.2, 0.25) is 0 Å². The number of anilines is 1. The van der Waals surface area contributed by atoms with Gasteiger partial charge in [-0.2, -0.15) is 0 Å². The van der Waals surface area contributed by atoms with Gasteiger partial charge in [-0.05, 0) is 31.2 Å². The maximum Gasteiger partial charge on any atom is 0.321 e. The second-order valence-corrected chi connectivity index (χ2v) is 4.54. The Balaban J connectivity index is 1.77. The molecule has 2 amide bonds. The minimum absolute atomic E-state index is 0.0157. The summed E-state index contributed by atoms with van der Waals surface area (Å²) in [4.78, 5) is 21.7. The van der Waals surface area contributed by atoms with Crippen molar-refractivity contribution in [3.8, 4) is 5.75 Å². The monoisotopic (exact) mass is 301 g/mol. The second kappa shape index (κ2) is 7.07. The minimum Gasteiger partial charge on any atom is -0.473 e. The summed E-state index contributed by atoms with van der Waals surface area (Å²) in [5.74, 6) is 0.654. The van der Waals surface area contributed by atoms with Crippen molar-refractivity contribution in [3.63, 3.8) is 0 Å². The lowest BCUT2D eigenvalue weighted by molar-refractivity contribution is -0.384. The molecule has 2 aromatic carbocycles. The smallest absolute Gasteiger partial charge is 0.321 e. The highest BCUT2D eigenvalue weighted by Gasteiger charge is 2.06. The molecule has 2 aromatic rings. The van der Waals surface area contributed by atoms with E-state index in [1.54, 1.807) is 0 Å². The summed E-state index contributed by atoms with van der Waals surface area (Å²) in [6.07, 6.45) is 0. The van der Waals surface area contributed by atoms with Crippen LogP contribution in [0.1, 0.15) is 5.56 Å². The van der Waals surface area contributed by atoms with Gasteiger partial charge >= 0.3 is 6.03 Å². The Hall–Kier alpha value is -3.09. The number of carbonyl (C=O) groups is 1. The summed E-state index contributed by atoms with van der Waals surface area (Å²) in [7, 11) is 0. The van der Waals surface area contributed by atoms with E-state index in [4.69, 9.17) is 4.74 Å². The molecule has 0 aliphatic rings. The van der Waals surface area contributed by atoms with Crippen LogP contribution in [-0.4, -0.2) is 17.7 Å². The van der Waals surface area contributed by atoms with Gasteiger partial charge in [-0.3, -0.25) is 10.1 Å². The Kier molecular flexibility index (Phi) is 4.92. The van der Waals surface area contributed by atoms with Gasteiger partial charge in [0.1, 0.15) is 5.75 Å². The lowest BCUT2D eigenvalue weighted by Gasteiger charge is -2.09. The lowest BCUT2D eigenvalue weighted by Crippen LogP contribution is -2.31. The molecule has 0 atom stereocenters. The molecule has 2 N–H and O–H groups in total. The topological polar surface area (TPSA) is 93.5 Å². The summed E-state index contributed by atoms with van der Waals surface area (Å²) in [6.45, 7) is 1.99. The number of non-ortho nitro benzene ring substituents is 1. The number of nitrogens with zero attached hydrogens (tertiary/aromatic N) is 1. The first-order chi connectivity index (χ1) is 10.5. The Morgan fingerprint density at radius 1 is 1.14 bits per heavy atom. The Labute approximate surface area is 127 Å². The molecule has 114 valence electrons. The zero-order valence-corrected chi connectivity index (χ0v) is 11.9. The maximum atomic E-state index is 11.6. The first-order valence-electron chi connectivity index (χ1n) is 6.53. The average Bonchev–Trinajstić information content (AvgIpc) is 2.50. The van der Waals surface area contributed by atoms with E-state index in [1.165, 1.54) is 24.3 Å². The van der Waals surface area contributed by atoms with Crippen LogP contribution in [0, 0.1) is 17.0 Å². The number of benzene rings is 2. The van der Waals surface area contributed by atoms with Crippen LogP contribution >= 0.6 is 0 Å². The van der Waals surface area contributed by atoms with Crippen molar-refractivity contribution in [2.24, 2.45) is 0 Å². The summed E-state index contributed by atoms with van der Waals surface area (Å²) < 4.78 is 5.36. The number of ether oxygens (including phenoxy) is 1. The van der Waals surface area contributed by atoms with Crippen LogP contribution in [0.5, 0.6) is 5.75 Å².